The van der Waals surface area contributed by atoms with Crippen LogP contribution in [0.5, 0.6) is 0 Å². The van der Waals surface area contributed by atoms with Crippen LogP contribution in [0.1, 0.15) is 23.4 Å². The molecule has 1 amide bonds. The lowest BCUT2D eigenvalue weighted by Crippen LogP contribution is -2.47. The van der Waals surface area contributed by atoms with Crippen molar-refractivity contribution in [1.82, 2.24) is 5.32 Å². The van der Waals surface area contributed by atoms with Crippen LogP contribution in [-0.4, -0.2) is 26.0 Å². The van der Waals surface area contributed by atoms with Crippen molar-refractivity contribution in [2.45, 2.75) is 29.5 Å². The summed E-state index contributed by atoms with van der Waals surface area (Å²) in [7, 11) is -4.15. The Hall–Kier alpha value is -1.07. The van der Waals surface area contributed by atoms with Crippen molar-refractivity contribution in [1.29, 1.82) is 0 Å². The molecule has 0 bridgehead atoms. The van der Waals surface area contributed by atoms with Crippen molar-refractivity contribution in [3.8, 4) is 0 Å². The highest BCUT2D eigenvalue weighted by Crippen LogP contribution is 2.49. The zero-order valence-corrected chi connectivity index (χ0v) is 12.0. The molecule has 6 nitrogen and oxygen atoms in total. The van der Waals surface area contributed by atoms with Crippen LogP contribution in [0.25, 0.3) is 0 Å². The van der Waals surface area contributed by atoms with E-state index in [1.54, 1.807) is 5.32 Å². The van der Waals surface area contributed by atoms with E-state index in [4.69, 9.17) is 9.56 Å². The fraction of sp³-hybridized carbons (Fsp3) is 0.444. The SMILES string of the molecule is NS(=O)(=O)c1cc(C(=O)NC2(C(F)(F)F)CC2)oc1Br. The van der Waals surface area contributed by atoms with E-state index in [9.17, 15) is 26.4 Å². The molecule has 1 heterocycles. The van der Waals surface area contributed by atoms with E-state index in [1.165, 1.54) is 0 Å². The third-order valence-electron chi connectivity index (χ3n) is 2.83. The predicted molar refractivity (Wildman–Crippen MR) is 63.3 cm³/mol. The molecular formula is C9H8BrF3N2O4S. The number of rotatable bonds is 3. The van der Waals surface area contributed by atoms with Crippen molar-refractivity contribution in [3.05, 3.63) is 16.5 Å². The Bertz CT molecular complexity index is 663. The second-order valence-corrected chi connectivity index (χ2v) is 6.58. The zero-order chi connectivity index (χ0) is 15.3. The van der Waals surface area contributed by atoms with Crippen LogP contribution >= 0.6 is 15.9 Å². The fourth-order valence-electron chi connectivity index (χ4n) is 1.54. The van der Waals surface area contributed by atoms with Crippen LogP contribution in [0, 0.1) is 0 Å². The lowest BCUT2D eigenvalue weighted by atomic mass is 10.2. The van der Waals surface area contributed by atoms with E-state index in [2.05, 4.69) is 15.9 Å². The lowest BCUT2D eigenvalue weighted by molar-refractivity contribution is -0.163. The van der Waals surface area contributed by atoms with Crippen LogP contribution in [0.3, 0.4) is 0 Å². The van der Waals surface area contributed by atoms with Crippen molar-refractivity contribution >= 4 is 31.9 Å². The largest absolute Gasteiger partial charge is 0.443 e. The number of amides is 1. The van der Waals surface area contributed by atoms with Gasteiger partial charge in [0.25, 0.3) is 5.91 Å². The molecule has 0 aromatic carbocycles. The van der Waals surface area contributed by atoms with Crippen LogP contribution in [0.15, 0.2) is 20.0 Å². The van der Waals surface area contributed by atoms with Gasteiger partial charge in [-0.15, -0.1) is 0 Å². The number of nitrogens with one attached hydrogen (secondary N) is 1. The van der Waals surface area contributed by atoms with Gasteiger partial charge in [0.05, 0.1) is 0 Å². The summed E-state index contributed by atoms with van der Waals surface area (Å²) in [4.78, 5) is 11.2. The minimum Gasteiger partial charge on any atom is -0.443 e. The normalized spacial score (nSPS) is 17.9. The summed E-state index contributed by atoms with van der Waals surface area (Å²) in [5.41, 5.74) is -2.26. The molecular weight excluding hydrogens is 369 g/mol. The molecule has 0 saturated heterocycles. The molecule has 20 heavy (non-hydrogen) atoms. The van der Waals surface area contributed by atoms with Gasteiger partial charge in [0.1, 0.15) is 10.4 Å². The minimum absolute atomic E-state index is 0.230. The molecule has 1 fully saturated rings. The molecule has 11 heteroatoms. The zero-order valence-electron chi connectivity index (χ0n) is 9.62. The van der Waals surface area contributed by atoms with Gasteiger partial charge < -0.3 is 9.73 Å². The second kappa shape index (κ2) is 4.46. The Morgan fingerprint density at radius 1 is 1.45 bits per heavy atom. The fourth-order valence-corrected chi connectivity index (χ4v) is 3.04. The Morgan fingerprint density at radius 2 is 2.00 bits per heavy atom. The molecule has 0 atom stereocenters. The van der Waals surface area contributed by atoms with E-state index in [0.29, 0.717) is 0 Å². The van der Waals surface area contributed by atoms with Gasteiger partial charge >= 0.3 is 6.18 Å². The first-order valence-electron chi connectivity index (χ1n) is 5.18. The first-order valence-corrected chi connectivity index (χ1v) is 7.52. The lowest BCUT2D eigenvalue weighted by Gasteiger charge is -2.19. The molecule has 112 valence electrons. The maximum Gasteiger partial charge on any atom is 0.411 e. The van der Waals surface area contributed by atoms with Gasteiger partial charge in [-0.2, -0.15) is 13.2 Å². The average molecular weight is 377 g/mol. The Balaban J connectivity index is 2.24. The second-order valence-electron chi connectivity index (χ2n) is 4.33. The number of furan rings is 1. The van der Waals surface area contributed by atoms with Gasteiger partial charge in [0.2, 0.25) is 10.0 Å². The van der Waals surface area contributed by atoms with Gasteiger partial charge in [-0.05, 0) is 28.8 Å². The number of hydrogen-bond acceptors (Lipinski definition) is 4. The summed E-state index contributed by atoms with van der Waals surface area (Å²) >= 11 is 2.73. The van der Waals surface area contributed by atoms with Crippen molar-refractivity contribution in [2.75, 3.05) is 0 Å². The first kappa shape index (κ1) is 15.3. The summed E-state index contributed by atoms with van der Waals surface area (Å²) < 4.78 is 64.7. The monoisotopic (exact) mass is 376 g/mol. The van der Waals surface area contributed by atoms with E-state index in [-0.39, 0.29) is 17.5 Å². The molecule has 1 saturated carbocycles. The number of carbonyl (C=O) groups is 1. The number of nitrogens with two attached hydrogens (primary N) is 1. The number of sulfonamides is 1. The highest BCUT2D eigenvalue weighted by atomic mass is 79.9. The summed E-state index contributed by atoms with van der Waals surface area (Å²) in [6, 6.07) is 0.765. The molecule has 1 aliphatic rings. The number of hydrogen-bond donors (Lipinski definition) is 2. The predicted octanol–water partition coefficient (Wildman–Crippen LogP) is 1.51. The summed E-state index contributed by atoms with van der Waals surface area (Å²) in [6.07, 6.45) is -5.03. The first-order chi connectivity index (χ1) is 8.96. The quantitative estimate of drug-likeness (QED) is 0.834. The van der Waals surface area contributed by atoms with Crippen molar-refractivity contribution in [2.24, 2.45) is 5.14 Å². The van der Waals surface area contributed by atoms with Gasteiger partial charge in [0.15, 0.2) is 10.4 Å². The van der Waals surface area contributed by atoms with E-state index in [0.717, 1.165) is 6.07 Å². The van der Waals surface area contributed by atoms with Crippen molar-refractivity contribution < 1.29 is 30.8 Å². The highest BCUT2D eigenvalue weighted by Gasteiger charge is 2.64. The highest BCUT2D eigenvalue weighted by molar-refractivity contribution is 9.10. The van der Waals surface area contributed by atoms with Gasteiger partial charge in [-0.1, -0.05) is 0 Å². The Morgan fingerprint density at radius 3 is 2.35 bits per heavy atom. The Kier molecular flexibility index (Phi) is 3.42. The number of primary sulfonamides is 1. The summed E-state index contributed by atoms with van der Waals surface area (Å²) in [5, 5.41) is 6.65. The van der Waals surface area contributed by atoms with Crippen molar-refractivity contribution in [3.63, 3.8) is 0 Å². The molecule has 1 aromatic rings. The van der Waals surface area contributed by atoms with Crippen LogP contribution in [0.4, 0.5) is 13.2 Å². The number of alkyl halides is 3. The average Bonchev–Trinajstić information content (AvgIpc) is 2.92. The molecule has 1 aromatic heterocycles. The van der Waals surface area contributed by atoms with E-state index in [1.807, 2.05) is 0 Å². The van der Waals surface area contributed by atoms with Crippen LogP contribution in [-0.2, 0) is 10.0 Å². The van der Waals surface area contributed by atoms with E-state index >= 15 is 0 Å². The maximum absolute atomic E-state index is 12.7. The summed E-state index contributed by atoms with van der Waals surface area (Å²) in [6.45, 7) is 0. The minimum atomic E-state index is -4.57. The van der Waals surface area contributed by atoms with E-state index < -0.39 is 38.3 Å². The maximum atomic E-state index is 12.7. The van der Waals surface area contributed by atoms with Crippen LogP contribution < -0.4 is 10.5 Å². The van der Waals surface area contributed by atoms with Gasteiger partial charge in [-0.25, -0.2) is 13.6 Å². The Labute approximate surface area is 119 Å². The molecule has 1 aliphatic carbocycles. The van der Waals surface area contributed by atoms with Gasteiger partial charge in [-0.3, -0.25) is 4.79 Å². The van der Waals surface area contributed by atoms with Crippen LogP contribution in [0.2, 0.25) is 0 Å². The molecule has 0 radical (unpaired) electrons. The standard InChI is InChI=1S/C9H8BrF3N2O4S/c10-6-5(20(14,17)18)3-4(19-6)7(16)15-8(1-2-8)9(11,12)13/h3H,1-2H2,(H,15,16)(H2,14,17,18). The third-order valence-corrected chi connectivity index (χ3v) is 4.60. The molecule has 0 spiro atoms. The number of halogens is 4. The third kappa shape index (κ3) is 2.69. The molecule has 0 aliphatic heterocycles. The smallest absolute Gasteiger partial charge is 0.411 e. The summed E-state index contributed by atoms with van der Waals surface area (Å²) in [5.74, 6) is -1.73. The topological polar surface area (TPSA) is 102 Å². The number of carbonyl (C=O) groups excluding carboxylic acids is 1. The molecule has 2 rings (SSSR count). The molecule has 3 N–H and O–H groups in total. The van der Waals surface area contributed by atoms with Gasteiger partial charge in [0, 0.05) is 6.07 Å². The molecule has 0 unspecified atom stereocenters.